The van der Waals surface area contributed by atoms with Gasteiger partial charge in [-0.05, 0) is 103 Å². The van der Waals surface area contributed by atoms with E-state index in [0.717, 1.165) is 122 Å². The fraction of sp³-hybridized carbons (Fsp3) is 0.800. The molecule has 4 N–H and O–H groups in total. The Bertz CT molecular complexity index is 2210. The highest BCUT2D eigenvalue weighted by Gasteiger charge is 2.29. The smallest absolute Gasteiger partial charge is 0.463 e. The molecule has 103 heavy (non-hydrogen) atoms. The Balaban J connectivity index is 4.34. The van der Waals surface area contributed by atoms with Gasteiger partial charge in [0.1, 0.15) is 25.4 Å². The number of aliphatic hydroxyl groups excluding tert-OH is 2. The molecule has 16 nitrogen and oxygen atoms in total. The van der Waals surface area contributed by atoms with Crippen LogP contribution in [0.4, 0.5) is 0 Å². The number of phosphoric ester groups is 2. The number of allylic oxidation sites excluding steroid dienone is 14. The lowest BCUT2D eigenvalue weighted by Gasteiger charge is -2.21. The molecular formula is C85H154O16P2. The molecule has 0 radical (unpaired) electrons. The number of carbonyl (C=O) groups is 3. The molecule has 5 unspecified atom stereocenters. The van der Waals surface area contributed by atoms with Crippen LogP contribution in [0.2, 0.25) is 0 Å². The van der Waals surface area contributed by atoms with E-state index in [9.17, 15) is 43.5 Å². The Morgan fingerprint density at radius 1 is 0.272 bits per heavy atom. The molecule has 0 aliphatic carbocycles. The number of carbonyl (C=O) groups excluding carboxylic acids is 3. The van der Waals surface area contributed by atoms with Crippen LogP contribution in [-0.2, 0) is 55.8 Å². The van der Waals surface area contributed by atoms with Crippen molar-refractivity contribution in [3.8, 4) is 0 Å². The molecule has 0 saturated carbocycles. The van der Waals surface area contributed by atoms with E-state index in [0.29, 0.717) is 19.3 Å². The molecule has 18 heteroatoms. The van der Waals surface area contributed by atoms with Gasteiger partial charge in [-0.15, -0.1) is 0 Å². The third-order valence-corrected chi connectivity index (χ3v) is 20.0. The van der Waals surface area contributed by atoms with Gasteiger partial charge in [-0.3, -0.25) is 32.5 Å². The lowest BCUT2D eigenvalue weighted by molar-refractivity contribution is -0.161. The molecule has 0 aliphatic rings. The van der Waals surface area contributed by atoms with E-state index in [4.69, 9.17) is 32.3 Å². The summed E-state index contributed by atoms with van der Waals surface area (Å²) in [6.07, 6.45) is 89.4. The highest BCUT2D eigenvalue weighted by Crippen LogP contribution is 2.45. The Labute approximate surface area is 629 Å². The molecular weight excluding hydrogens is 1340 g/mol. The third kappa shape index (κ3) is 79.6. The summed E-state index contributed by atoms with van der Waals surface area (Å²) in [6.45, 7) is 2.66. The van der Waals surface area contributed by atoms with Crippen LogP contribution in [0.25, 0.3) is 0 Å². The maximum atomic E-state index is 12.9. The number of aliphatic hydroxyl groups is 2. The summed E-state index contributed by atoms with van der Waals surface area (Å²) in [6, 6.07) is 0. The number of esters is 3. The normalized spacial score (nSPS) is 14.4. The van der Waals surface area contributed by atoms with Crippen molar-refractivity contribution in [3.05, 3.63) is 85.1 Å². The average Bonchev–Trinajstić information content (AvgIpc) is 0.925. The summed E-state index contributed by atoms with van der Waals surface area (Å²) in [4.78, 5) is 58.6. The predicted octanol–water partition coefficient (Wildman–Crippen LogP) is 24.8. The molecule has 0 aliphatic heterocycles. The first-order valence-corrected chi connectivity index (χ1v) is 44.9. The summed E-state index contributed by atoms with van der Waals surface area (Å²) in [7, 11) is -9.78. The molecule has 0 fully saturated rings. The summed E-state index contributed by atoms with van der Waals surface area (Å²) in [5.41, 5.74) is 0. The fourth-order valence-electron chi connectivity index (χ4n) is 11.7. The van der Waals surface area contributed by atoms with Gasteiger partial charge in [-0.2, -0.15) is 0 Å². The minimum absolute atomic E-state index is 0.107. The van der Waals surface area contributed by atoms with Crippen molar-refractivity contribution in [2.75, 3.05) is 39.6 Å². The highest BCUT2D eigenvalue weighted by atomic mass is 31.2. The van der Waals surface area contributed by atoms with Crippen molar-refractivity contribution in [1.29, 1.82) is 0 Å². The monoisotopic (exact) mass is 1490 g/mol. The molecule has 0 bridgehead atoms. The number of ether oxygens (including phenoxy) is 3. The van der Waals surface area contributed by atoms with E-state index in [1.165, 1.54) is 199 Å². The van der Waals surface area contributed by atoms with Gasteiger partial charge in [-0.1, -0.05) is 343 Å². The molecule has 0 aromatic heterocycles. The summed E-state index contributed by atoms with van der Waals surface area (Å²) in [5.74, 6) is -1.57. The summed E-state index contributed by atoms with van der Waals surface area (Å²) >= 11 is 0. The second kappa shape index (κ2) is 78.3. The molecule has 0 rings (SSSR count). The fourth-order valence-corrected chi connectivity index (χ4v) is 13.3. The summed E-state index contributed by atoms with van der Waals surface area (Å²) < 4.78 is 61.2. The van der Waals surface area contributed by atoms with Gasteiger partial charge in [0.25, 0.3) is 0 Å². The van der Waals surface area contributed by atoms with Crippen molar-refractivity contribution in [2.45, 2.75) is 399 Å². The third-order valence-electron chi connectivity index (χ3n) is 18.1. The number of hydrogen-bond acceptors (Lipinski definition) is 14. The molecule has 0 amide bonds. The quantitative estimate of drug-likeness (QED) is 0.0146. The van der Waals surface area contributed by atoms with Crippen LogP contribution >= 0.6 is 15.6 Å². The Morgan fingerprint density at radius 2 is 0.485 bits per heavy atom. The predicted molar refractivity (Wildman–Crippen MR) is 427 cm³/mol. The van der Waals surface area contributed by atoms with Gasteiger partial charge >= 0.3 is 33.6 Å². The maximum absolute atomic E-state index is 12.9. The van der Waals surface area contributed by atoms with Crippen molar-refractivity contribution in [1.82, 2.24) is 0 Å². The average molecular weight is 1490 g/mol. The van der Waals surface area contributed by atoms with E-state index in [-0.39, 0.29) is 19.3 Å². The first kappa shape index (κ1) is 99.7. The van der Waals surface area contributed by atoms with Crippen LogP contribution in [0.15, 0.2) is 85.1 Å². The van der Waals surface area contributed by atoms with Gasteiger partial charge in [0.2, 0.25) is 0 Å². The van der Waals surface area contributed by atoms with Crippen molar-refractivity contribution < 1.29 is 75.8 Å². The first-order valence-electron chi connectivity index (χ1n) is 41.9. The minimum atomic E-state index is -4.93. The molecule has 5 atom stereocenters. The van der Waals surface area contributed by atoms with E-state index in [1.54, 1.807) is 0 Å². The maximum Gasteiger partial charge on any atom is 0.472 e. The Hall–Kier alpha value is -3.27. The number of rotatable bonds is 80. The van der Waals surface area contributed by atoms with Crippen LogP contribution in [-0.4, -0.2) is 95.9 Å². The van der Waals surface area contributed by atoms with Crippen LogP contribution in [0, 0.1) is 0 Å². The topological polar surface area (TPSA) is 231 Å². The molecule has 0 saturated heterocycles. The molecule has 600 valence electrons. The second-order valence-electron chi connectivity index (χ2n) is 28.3. The van der Waals surface area contributed by atoms with Crippen LogP contribution < -0.4 is 0 Å². The largest absolute Gasteiger partial charge is 0.472 e. The van der Waals surface area contributed by atoms with Gasteiger partial charge in [0.05, 0.1) is 26.4 Å². The van der Waals surface area contributed by atoms with E-state index < -0.39 is 91.5 Å². The molecule has 0 aromatic rings. The Morgan fingerprint density at radius 3 is 0.786 bits per heavy atom. The van der Waals surface area contributed by atoms with E-state index >= 15 is 0 Å². The first-order chi connectivity index (χ1) is 50.2. The van der Waals surface area contributed by atoms with Crippen molar-refractivity contribution in [2.24, 2.45) is 0 Å². The Kier molecular flexibility index (Phi) is 75.8. The van der Waals surface area contributed by atoms with Crippen molar-refractivity contribution in [3.63, 3.8) is 0 Å². The highest BCUT2D eigenvalue weighted by molar-refractivity contribution is 7.47. The van der Waals surface area contributed by atoms with Gasteiger partial charge in [0.15, 0.2) is 6.10 Å². The van der Waals surface area contributed by atoms with E-state index in [2.05, 4.69) is 106 Å². The number of unbranched alkanes of at least 4 members (excludes halogenated alkanes) is 43. The SMILES string of the molecule is CCCCC/C=C\C/C=C\C/C=C\C/C=C\CCCCCCCCCCCCCCCCCCCCCC(=O)OCC(O)COP(=O)(O)OCC(O)COP(=O)(O)OCC(COC(=O)CCCCCCCC/C=C\C/C=C\C/C=C\CCCCC)OC(=O)CCCCCCCCCCCCCCC. The van der Waals surface area contributed by atoms with Gasteiger partial charge in [0, 0.05) is 19.3 Å². The zero-order valence-corrected chi connectivity index (χ0v) is 67.5. The van der Waals surface area contributed by atoms with Crippen LogP contribution in [0.1, 0.15) is 380 Å². The minimum Gasteiger partial charge on any atom is -0.463 e. The number of phosphoric acid groups is 2. The lowest BCUT2D eigenvalue weighted by atomic mass is 10.0. The van der Waals surface area contributed by atoms with Crippen LogP contribution in [0.5, 0.6) is 0 Å². The zero-order valence-electron chi connectivity index (χ0n) is 65.7. The second-order valence-corrected chi connectivity index (χ2v) is 31.2. The van der Waals surface area contributed by atoms with Gasteiger partial charge in [-0.25, -0.2) is 9.13 Å². The standard InChI is InChI=1S/C85H154O16P2/c1-4-7-10-13-16-19-22-25-27-29-31-32-33-34-35-36-37-38-39-40-41-42-43-44-45-46-48-50-51-54-56-59-62-65-68-71-83(88)95-74-80(86)75-97-102(91,92)98-76-81(87)77-99-103(93,94)100-79-82(101-85(90)73-70-67-64-61-58-53-24-21-18-15-12-9-6-3)78-96-84(89)72-69-66-63-60-57-55-52-49-47-30-28-26-23-20-17-14-11-8-5-2/h16-17,19-20,25-28,31-32,34-35,47,49,80-82,86-87H,4-15,18,21-24,29-30,33,36-46,48,50-79H2,1-3H3,(H,91,92)(H,93,94)/b19-16-,20-17-,27-25-,28-26-,32-31-,35-34-,49-47-. The number of hydrogen-bond donors (Lipinski definition) is 4. The van der Waals surface area contributed by atoms with Crippen LogP contribution in [0.3, 0.4) is 0 Å². The molecule has 0 heterocycles. The van der Waals surface area contributed by atoms with E-state index in [1.807, 2.05) is 0 Å². The molecule has 0 aromatic carbocycles. The zero-order chi connectivity index (χ0) is 75.2. The molecule has 0 spiro atoms. The van der Waals surface area contributed by atoms with Gasteiger partial charge < -0.3 is 34.2 Å². The lowest BCUT2D eigenvalue weighted by Crippen LogP contribution is -2.30. The summed E-state index contributed by atoms with van der Waals surface area (Å²) in [5, 5.41) is 20.6. The van der Waals surface area contributed by atoms with Crippen molar-refractivity contribution >= 4 is 33.6 Å².